The fraction of sp³-hybridized carbons (Fsp3) is 0.632. The predicted octanol–water partition coefficient (Wildman–Crippen LogP) is 1.77. The number of guanidine groups is 1. The zero-order valence-corrected chi connectivity index (χ0v) is 18.1. The van der Waals surface area contributed by atoms with Gasteiger partial charge in [0.2, 0.25) is 10.0 Å². The average Bonchev–Trinajstić information content (AvgIpc) is 3.12. The summed E-state index contributed by atoms with van der Waals surface area (Å²) in [6.45, 7) is 6.91. The van der Waals surface area contributed by atoms with Crippen molar-refractivity contribution in [1.82, 2.24) is 20.3 Å². The summed E-state index contributed by atoms with van der Waals surface area (Å²) in [5.41, 5.74) is 0.201. The van der Waals surface area contributed by atoms with Crippen LogP contribution in [0.4, 0.5) is 13.2 Å². The molecule has 3 N–H and O–H groups in total. The average molecular weight is 450 g/mol. The second-order valence-electron chi connectivity index (χ2n) is 7.12. The van der Waals surface area contributed by atoms with E-state index in [-0.39, 0.29) is 18.3 Å². The Bertz CT molecular complexity index is 797. The van der Waals surface area contributed by atoms with Gasteiger partial charge in [-0.25, -0.2) is 13.1 Å². The van der Waals surface area contributed by atoms with E-state index >= 15 is 0 Å². The molecule has 1 aromatic rings. The number of benzene rings is 1. The van der Waals surface area contributed by atoms with Crippen molar-refractivity contribution in [2.24, 2.45) is 4.99 Å². The van der Waals surface area contributed by atoms with Crippen molar-refractivity contribution in [2.45, 2.75) is 39.0 Å². The molecule has 1 saturated heterocycles. The molecule has 1 fully saturated rings. The standard InChI is InChI=1S/C19H30F3N5O2S/c1-3-23-18(24-10-11-25-30(28,29)4-2)26-17-9-12-27(14-17)13-15-5-7-16(8-6-15)19(20,21)22/h5-8,17,25H,3-4,9-14H2,1-2H3,(H2,23,24,26). The minimum absolute atomic E-state index is 0.0336. The van der Waals surface area contributed by atoms with Gasteiger partial charge in [0.25, 0.3) is 0 Å². The molecule has 0 radical (unpaired) electrons. The van der Waals surface area contributed by atoms with Gasteiger partial charge in [-0.15, -0.1) is 0 Å². The van der Waals surface area contributed by atoms with Gasteiger partial charge in [0.05, 0.1) is 17.9 Å². The van der Waals surface area contributed by atoms with Crippen molar-refractivity contribution in [2.75, 3.05) is 38.5 Å². The molecule has 7 nitrogen and oxygen atoms in total. The normalized spacial score (nSPS) is 18.6. The van der Waals surface area contributed by atoms with Crippen LogP contribution in [0.3, 0.4) is 0 Å². The van der Waals surface area contributed by atoms with Crippen LogP contribution >= 0.6 is 0 Å². The van der Waals surface area contributed by atoms with Crippen molar-refractivity contribution in [1.29, 1.82) is 0 Å². The van der Waals surface area contributed by atoms with Gasteiger partial charge in [0, 0.05) is 38.8 Å². The molecule has 1 aliphatic heterocycles. The summed E-state index contributed by atoms with van der Waals surface area (Å²) in [5, 5.41) is 6.49. The van der Waals surface area contributed by atoms with Crippen LogP contribution in [0.1, 0.15) is 31.4 Å². The number of halogens is 3. The van der Waals surface area contributed by atoms with E-state index in [1.807, 2.05) is 6.92 Å². The van der Waals surface area contributed by atoms with Crippen molar-refractivity contribution in [3.8, 4) is 0 Å². The molecule has 0 bridgehead atoms. The Hall–Kier alpha value is -1.85. The largest absolute Gasteiger partial charge is 0.416 e. The number of alkyl halides is 3. The van der Waals surface area contributed by atoms with Crippen LogP contribution in [0, 0.1) is 0 Å². The van der Waals surface area contributed by atoms with Gasteiger partial charge in [-0.2, -0.15) is 13.2 Å². The summed E-state index contributed by atoms with van der Waals surface area (Å²) < 4.78 is 63.4. The maximum absolute atomic E-state index is 12.7. The molecular weight excluding hydrogens is 419 g/mol. The molecule has 1 unspecified atom stereocenters. The van der Waals surface area contributed by atoms with Crippen molar-refractivity contribution >= 4 is 16.0 Å². The van der Waals surface area contributed by atoms with Crippen molar-refractivity contribution in [3.63, 3.8) is 0 Å². The van der Waals surface area contributed by atoms with Gasteiger partial charge in [-0.05, 0) is 38.0 Å². The molecule has 170 valence electrons. The number of hydrogen-bond donors (Lipinski definition) is 3. The smallest absolute Gasteiger partial charge is 0.357 e. The summed E-state index contributed by atoms with van der Waals surface area (Å²) in [5.74, 6) is 0.654. The van der Waals surface area contributed by atoms with Crippen molar-refractivity contribution < 1.29 is 21.6 Å². The molecule has 0 saturated carbocycles. The minimum Gasteiger partial charge on any atom is -0.357 e. The molecule has 0 spiro atoms. The zero-order valence-electron chi connectivity index (χ0n) is 17.3. The Morgan fingerprint density at radius 1 is 1.23 bits per heavy atom. The first kappa shape index (κ1) is 24.4. The molecule has 1 aliphatic rings. The molecule has 1 atom stereocenters. The summed E-state index contributed by atoms with van der Waals surface area (Å²) in [7, 11) is -3.23. The lowest BCUT2D eigenvalue weighted by atomic mass is 10.1. The highest BCUT2D eigenvalue weighted by Crippen LogP contribution is 2.29. The Morgan fingerprint density at radius 3 is 2.53 bits per heavy atom. The first-order valence-electron chi connectivity index (χ1n) is 10.0. The summed E-state index contributed by atoms with van der Waals surface area (Å²) in [4.78, 5) is 6.58. The van der Waals surface area contributed by atoms with Crippen LogP contribution < -0.4 is 15.4 Å². The lowest BCUT2D eigenvalue weighted by molar-refractivity contribution is -0.137. The minimum atomic E-state index is -4.32. The van der Waals surface area contributed by atoms with E-state index in [0.29, 0.717) is 25.6 Å². The Kier molecular flexibility index (Phi) is 8.92. The van der Waals surface area contributed by atoms with Gasteiger partial charge >= 0.3 is 6.18 Å². The summed E-state index contributed by atoms with van der Waals surface area (Å²) in [6, 6.07) is 5.43. The van der Waals surface area contributed by atoms with Crippen LogP contribution in [0.25, 0.3) is 0 Å². The maximum atomic E-state index is 12.7. The Morgan fingerprint density at radius 2 is 1.93 bits per heavy atom. The maximum Gasteiger partial charge on any atom is 0.416 e. The van der Waals surface area contributed by atoms with E-state index in [9.17, 15) is 21.6 Å². The highest BCUT2D eigenvalue weighted by Gasteiger charge is 2.30. The van der Waals surface area contributed by atoms with Gasteiger partial charge in [-0.3, -0.25) is 9.89 Å². The first-order chi connectivity index (χ1) is 14.1. The second kappa shape index (κ2) is 11.0. The van der Waals surface area contributed by atoms with E-state index in [1.54, 1.807) is 6.92 Å². The molecule has 0 aliphatic carbocycles. The van der Waals surface area contributed by atoms with E-state index in [0.717, 1.165) is 37.2 Å². The highest BCUT2D eigenvalue weighted by molar-refractivity contribution is 7.89. The van der Waals surface area contributed by atoms with Crippen molar-refractivity contribution in [3.05, 3.63) is 35.4 Å². The van der Waals surface area contributed by atoms with Crippen LogP contribution in [0.2, 0.25) is 0 Å². The van der Waals surface area contributed by atoms with E-state index in [4.69, 9.17) is 0 Å². The quantitative estimate of drug-likeness (QED) is 0.304. The third-order valence-electron chi connectivity index (χ3n) is 4.73. The molecule has 0 amide bonds. The molecule has 0 aromatic heterocycles. The Balaban J connectivity index is 1.83. The van der Waals surface area contributed by atoms with E-state index in [1.165, 1.54) is 12.1 Å². The molecule has 1 heterocycles. The van der Waals surface area contributed by atoms with Crippen LogP contribution in [0.5, 0.6) is 0 Å². The first-order valence-corrected chi connectivity index (χ1v) is 11.7. The fourth-order valence-electron chi connectivity index (χ4n) is 3.14. The van der Waals surface area contributed by atoms with Gasteiger partial charge in [0.15, 0.2) is 5.96 Å². The van der Waals surface area contributed by atoms with Gasteiger partial charge in [-0.1, -0.05) is 12.1 Å². The predicted molar refractivity (Wildman–Crippen MR) is 112 cm³/mol. The molecule has 30 heavy (non-hydrogen) atoms. The number of likely N-dealkylation sites (tertiary alicyclic amines) is 1. The number of hydrogen-bond acceptors (Lipinski definition) is 4. The third-order valence-corrected chi connectivity index (χ3v) is 6.13. The summed E-state index contributed by atoms with van der Waals surface area (Å²) >= 11 is 0. The van der Waals surface area contributed by atoms with Crippen LogP contribution in [-0.2, 0) is 22.7 Å². The van der Waals surface area contributed by atoms with Gasteiger partial charge < -0.3 is 10.6 Å². The SMILES string of the molecule is CCNC(=NCCNS(=O)(=O)CC)NC1CCN(Cc2ccc(C(F)(F)F)cc2)C1. The molecule has 11 heteroatoms. The zero-order chi connectivity index (χ0) is 22.2. The Labute approximate surface area is 176 Å². The third kappa shape index (κ3) is 8.11. The van der Waals surface area contributed by atoms with E-state index < -0.39 is 21.8 Å². The number of nitrogens with zero attached hydrogens (tertiary/aromatic N) is 2. The second-order valence-corrected chi connectivity index (χ2v) is 9.21. The van der Waals surface area contributed by atoms with Crippen LogP contribution in [-0.4, -0.2) is 63.8 Å². The summed E-state index contributed by atoms with van der Waals surface area (Å²) in [6.07, 6.45) is -3.44. The molecular formula is C19H30F3N5O2S. The number of aliphatic imine (C=N–C) groups is 1. The van der Waals surface area contributed by atoms with E-state index in [2.05, 4.69) is 25.2 Å². The van der Waals surface area contributed by atoms with Gasteiger partial charge in [0.1, 0.15) is 0 Å². The lowest BCUT2D eigenvalue weighted by Gasteiger charge is -2.19. The molecule has 2 rings (SSSR count). The fourth-order valence-corrected chi connectivity index (χ4v) is 3.74. The molecule has 1 aromatic carbocycles. The van der Waals surface area contributed by atoms with Crippen LogP contribution in [0.15, 0.2) is 29.3 Å². The topological polar surface area (TPSA) is 85.8 Å². The number of rotatable bonds is 9. The highest BCUT2D eigenvalue weighted by atomic mass is 32.2. The monoisotopic (exact) mass is 449 g/mol. The number of sulfonamides is 1. The number of nitrogens with one attached hydrogen (secondary N) is 3. The lowest BCUT2D eigenvalue weighted by Crippen LogP contribution is -2.45.